The molecule has 22 nitrogen and oxygen atoms in total. The molecule has 0 amide bonds. The van der Waals surface area contributed by atoms with Crippen molar-refractivity contribution < 1.29 is 0 Å². The molecule has 0 radical (unpaired) electrons. The molecule has 6 aliphatic rings. The molecule has 22 heteroatoms. The maximum absolute atomic E-state index is 12.8. The van der Waals surface area contributed by atoms with Crippen molar-refractivity contribution in [2.75, 3.05) is 0 Å². The third kappa shape index (κ3) is 24.8. The molecule has 5 aliphatic carbocycles. The summed E-state index contributed by atoms with van der Waals surface area (Å²) in [6.07, 6.45) is 46.7. The summed E-state index contributed by atoms with van der Waals surface area (Å²) in [4.78, 5) is 121. The Hall–Kier alpha value is -17.4. The second-order valence-electron chi connectivity index (χ2n) is 39.7. The molecule has 3 aromatic carbocycles. The molecule has 0 fully saturated rings. The number of hydrogen-bond acceptors (Lipinski definition) is 16. The average Bonchev–Trinajstić information content (AvgIpc) is 1.29. The number of aromatic nitrogens is 16. The Morgan fingerprint density at radius 2 is 0.554 bits per heavy atom. The second kappa shape index (κ2) is 46.5. The van der Waals surface area contributed by atoms with Gasteiger partial charge in [-0.25, -0.2) is 39.9 Å². The van der Waals surface area contributed by atoms with Crippen LogP contribution in [0.4, 0.5) is 0 Å². The summed E-state index contributed by atoms with van der Waals surface area (Å²) >= 11 is 0. The van der Waals surface area contributed by atoms with Gasteiger partial charge in [0.05, 0.1) is 39.4 Å². The highest BCUT2D eigenvalue weighted by molar-refractivity contribution is 5.79. The van der Waals surface area contributed by atoms with E-state index >= 15 is 0 Å². The Labute approximate surface area is 859 Å². The lowest BCUT2D eigenvalue weighted by Crippen LogP contribution is -2.35. The minimum atomic E-state index is 0.0553. The van der Waals surface area contributed by atoms with Crippen LogP contribution in [0.5, 0.6) is 0 Å². The number of aryl methyl sites for hydroxylation is 4. The standard InChI is InChI=1S/C22H20N2O.3C21H19N3O.C21H18N2O.C20H17N3O/c25-22-19-10-6-1-2-7-11-20(19)23-21-16-18(14-15-24(21)22)13-12-17-8-4-3-5-9-17;1-21(2)10-12-24-19(14-21)23-18-13-15(7-9-17(18)20(24)25)6-8-16-5-3-4-11-22-16;1-21(2)10-8-17-18(14-21)23-19-13-15(9-12-24(19)20(17)25)6-7-16-5-3-4-11-22-16;25-21-18-5-3-1-2-4-6-19(18)23-20-15-17(11-14-24(20)21)8-7-16-9-12-22-13-10-16;24-21-18-9-5-2-6-10-19(18)22-20-15-17(13-14-23(20)21)12-11-16-7-3-1-4-8-16;24-20-17-4-2-1-3-5-18(17)22-19-14-16(10-13-23(19)20)7-6-15-8-11-21-12-9-15/h3-5,8-9,14-16H,1-2,6-7,10-11H2;3-5,7,9,11,13H,10,12,14H2,1-2H3;3-5,9,11-13H,8,10,14H2,1-2H3;9-15H,1-6H2;1,3-4,7-8,13-15H,2,5-6,9-10H2;8-14H,1-5H2. The molecule has 0 bridgehead atoms. The van der Waals surface area contributed by atoms with Crippen molar-refractivity contribution >= 4 is 39.1 Å². The van der Waals surface area contributed by atoms with Crippen LogP contribution in [0.15, 0.2) is 297 Å². The Bertz CT molecular complexity index is 8360. The lowest BCUT2D eigenvalue weighted by atomic mass is 9.76. The number of pyridine rings is 9. The summed E-state index contributed by atoms with van der Waals surface area (Å²) in [5, 5.41) is 0.659. The van der Waals surface area contributed by atoms with Crippen molar-refractivity contribution in [1.29, 1.82) is 0 Å². The summed E-state index contributed by atoms with van der Waals surface area (Å²) in [5.41, 5.74) is 24.6. The van der Waals surface area contributed by atoms with Gasteiger partial charge in [0.25, 0.3) is 33.4 Å². The van der Waals surface area contributed by atoms with E-state index < -0.39 is 0 Å². The Morgan fingerprint density at radius 1 is 0.250 bits per heavy atom. The van der Waals surface area contributed by atoms with Crippen molar-refractivity contribution in [2.45, 2.75) is 208 Å². The first kappa shape index (κ1) is 99.3. The predicted molar refractivity (Wildman–Crippen MR) is 581 cm³/mol. The third-order valence-corrected chi connectivity index (χ3v) is 27.6. The topological polar surface area (TPSA) is 258 Å². The van der Waals surface area contributed by atoms with Crippen LogP contribution in [0.25, 0.3) is 39.1 Å². The van der Waals surface area contributed by atoms with E-state index in [0.717, 1.165) is 276 Å². The first-order valence-electron chi connectivity index (χ1n) is 51.4. The molecule has 1 aliphatic heterocycles. The molecule has 0 atom stereocenters. The van der Waals surface area contributed by atoms with Gasteiger partial charge in [0.2, 0.25) is 0 Å². The smallest absolute Gasteiger partial charge is 0.261 e. The fraction of sp³-hybridized carbons (Fsp3) is 0.270. The largest absolute Gasteiger partial charge is 0.296 e. The molecule has 0 N–H and O–H groups in total. The molecule has 732 valence electrons. The molecule has 16 heterocycles. The summed E-state index contributed by atoms with van der Waals surface area (Å²) in [6.45, 7) is 9.65. The molecular weight excluding hydrogens is 1830 g/mol. The highest BCUT2D eigenvalue weighted by Crippen LogP contribution is 2.34. The molecule has 24 rings (SSSR count). The van der Waals surface area contributed by atoms with Crippen molar-refractivity contribution in [3.8, 4) is 71.0 Å². The van der Waals surface area contributed by atoms with E-state index in [2.05, 4.69) is 119 Å². The summed E-state index contributed by atoms with van der Waals surface area (Å²) in [7, 11) is 0. The fourth-order valence-corrected chi connectivity index (χ4v) is 19.4. The molecule has 0 spiro atoms. The first-order chi connectivity index (χ1) is 72.3. The Morgan fingerprint density at radius 3 is 0.912 bits per heavy atom. The van der Waals surface area contributed by atoms with Crippen LogP contribution >= 0.6 is 0 Å². The van der Waals surface area contributed by atoms with Gasteiger partial charge in [0.1, 0.15) is 45.4 Å². The molecule has 15 aromatic heterocycles. The average molecular weight is 1950 g/mol. The molecule has 0 saturated heterocycles. The van der Waals surface area contributed by atoms with Gasteiger partial charge >= 0.3 is 0 Å². The zero-order valence-electron chi connectivity index (χ0n) is 83.8. The van der Waals surface area contributed by atoms with Crippen molar-refractivity contribution in [2.24, 2.45) is 10.8 Å². The third-order valence-electron chi connectivity index (χ3n) is 27.6. The van der Waals surface area contributed by atoms with E-state index in [1.54, 1.807) is 90.2 Å². The number of benzene rings is 3. The monoisotopic (exact) mass is 1940 g/mol. The van der Waals surface area contributed by atoms with E-state index in [0.29, 0.717) is 33.6 Å². The van der Waals surface area contributed by atoms with Gasteiger partial charge in [0.15, 0.2) is 0 Å². The van der Waals surface area contributed by atoms with Crippen molar-refractivity contribution in [3.63, 3.8) is 0 Å². The van der Waals surface area contributed by atoms with Crippen LogP contribution in [-0.2, 0) is 77.2 Å². The number of fused-ring (bicyclic) bond motifs is 12. The zero-order valence-corrected chi connectivity index (χ0v) is 83.8. The van der Waals surface area contributed by atoms with E-state index in [9.17, 15) is 28.8 Å². The van der Waals surface area contributed by atoms with Crippen LogP contribution in [0.1, 0.15) is 260 Å². The van der Waals surface area contributed by atoms with Crippen LogP contribution in [-0.4, -0.2) is 76.4 Å². The highest BCUT2D eigenvalue weighted by Gasteiger charge is 2.31. The Kier molecular flexibility index (Phi) is 31.2. The van der Waals surface area contributed by atoms with E-state index in [1.165, 1.54) is 38.5 Å². The molecular formula is C126H112N16O6. The van der Waals surface area contributed by atoms with Crippen molar-refractivity contribution in [3.05, 3.63) is 460 Å². The van der Waals surface area contributed by atoms with Crippen molar-refractivity contribution in [1.82, 2.24) is 76.4 Å². The van der Waals surface area contributed by atoms with Gasteiger partial charge in [-0.1, -0.05) is 174 Å². The predicted octanol–water partition coefficient (Wildman–Crippen LogP) is 19.2. The van der Waals surface area contributed by atoms with Gasteiger partial charge in [-0.3, -0.25) is 65.3 Å². The zero-order chi connectivity index (χ0) is 102. The van der Waals surface area contributed by atoms with Crippen LogP contribution < -0.4 is 33.4 Å². The van der Waals surface area contributed by atoms with E-state index in [-0.39, 0.29) is 44.2 Å². The minimum absolute atomic E-state index is 0.0553. The first-order valence-corrected chi connectivity index (χ1v) is 51.4. The summed E-state index contributed by atoms with van der Waals surface area (Å²) in [6, 6.07) is 63.0. The van der Waals surface area contributed by atoms with E-state index in [4.69, 9.17) is 29.9 Å². The van der Waals surface area contributed by atoms with Crippen LogP contribution in [0.3, 0.4) is 0 Å². The number of nitrogens with zero attached hydrogens (tertiary/aromatic N) is 16. The summed E-state index contributed by atoms with van der Waals surface area (Å²) in [5.74, 6) is 38.3. The molecule has 0 unspecified atom stereocenters. The Balaban J connectivity index is 0.000000112. The number of hydrogen-bond donors (Lipinski definition) is 0. The van der Waals surface area contributed by atoms with Crippen LogP contribution in [0.2, 0.25) is 0 Å². The fourth-order valence-electron chi connectivity index (χ4n) is 19.4. The van der Waals surface area contributed by atoms with Gasteiger partial charge in [-0.15, -0.1) is 0 Å². The van der Waals surface area contributed by atoms with Crippen LogP contribution in [0, 0.1) is 81.9 Å². The molecule has 148 heavy (non-hydrogen) atoms. The van der Waals surface area contributed by atoms with Gasteiger partial charge in [0, 0.05) is 165 Å². The molecule has 18 aromatic rings. The van der Waals surface area contributed by atoms with Gasteiger partial charge < -0.3 is 0 Å². The molecule has 0 saturated carbocycles. The summed E-state index contributed by atoms with van der Waals surface area (Å²) < 4.78 is 10.1. The minimum Gasteiger partial charge on any atom is -0.296 e. The normalized spacial score (nSPS) is 14.4. The lowest BCUT2D eigenvalue weighted by molar-refractivity contribution is 0.261. The lowest BCUT2D eigenvalue weighted by Gasteiger charge is -2.31. The number of rotatable bonds is 0. The van der Waals surface area contributed by atoms with Gasteiger partial charge in [-0.05, 0) is 303 Å². The maximum atomic E-state index is 12.8. The van der Waals surface area contributed by atoms with E-state index in [1.807, 2.05) is 205 Å². The highest BCUT2D eigenvalue weighted by atomic mass is 16.2. The maximum Gasteiger partial charge on any atom is 0.261 e. The SMILES string of the molecule is CC1(C)CCc2c(nc3cc(C#Cc4ccccn4)ccn3c2=O)C1.CC1(C)CCn2c(nc3cc(C#Cc4ccccn4)ccc3c2=O)C1.O=c1c2c(nc3cc(C#Cc4ccccc4)ccn13)CCCCC2.O=c1c2c(nc3cc(C#Cc4ccccc4)ccn13)CCCCCC2.O=c1c2c(nc3cc(C#Cc4ccncc4)ccn13)CCCCC2.O=c1c2c(nc3cc(C#Cc4ccncc4)ccn13)CCCCCC2. The second-order valence-corrected chi connectivity index (χ2v) is 39.7. The quantitative estimate of drug-likeness (QED) is 0.101. The van der Waals surface area contributed by atoms with Gasteiger partial charge in [-0.2, -0.15) is 0 Å².